The lowest BCUT2D eigenvalue weighted by molar-refractivity contribution is -0.140. The summed E-state index contributed by atoms with van der Waals surface area (Å²) in [6, 6.07) is 5.76. The molecule has 0 saturated heterocycles. The fourth-order valence-corrected chi connectivity index (χ4v) is 3.33. The molecule has 0 bridgehead atoms. The van der Waals surface area contributed by atoms with E-state index < -0.39 is 18.0 Å². The molecule has 2 rings (SSSR count). The first-order chi connectivity index (χ1) is 11.4. The van der Waals surface area contributed by atoms with Gasteiger partial charge in [0, 0.05) is 18.2 Å². The van der Waals surface area contributed by atoms with Crippen LogP contribution < -0.4 is 10.1 Å². The first-order valence-corrected chi connectivity index (χ1v) is 7.95. The van der Waals surface area contributed by atoms with Crippen LogP contribution in [0.5, 0.6) is 5.75 Å². The Hall–Kier alpha value is -2.18. The molecule has 1 fully saturated rings. The van der Waals surface area contributed by atoms with Crippen LogP contribution in [0.3, 0.4) is 0 Å². The molecular weight excluding hydrogens is 320 g/mol. The highest BCUT2D eigenvalue weighted by atomic mass is 19.3. The van der Waals surface area contributed by atoms with Crippen molar-refractivity contribution in [3.8, 4) is 5.75 Å². The fourth-order valence-electron chi connectivity index (χ4n) is 3.33. The SMILES string of the molecule is O=C(O)CC1(CC(=O)Nc2cccc(OC(F)F)c2)CCCCC1. The number of alkyl halides is 2. The number of carbonyl (C=O) groups is 2. The van der Waals surface area contributed by atoms with E-state index in [0.717, 1.165) is 19.3 Å². The minimum atomic E-state index is -2.93. The molecule has 0 spiro atoms. The summed E-state index contributed by atoms with van der Waals surface area (Å²) in [6.07, 6.45) is 4.38. The number of carboxylic acids is 1. The van der Waals surface area contributed by atoms with Crippen molar-refractivity contribution in [2.45, 2.75) is 51.6 Å². The number of amides is 1. The van der Waals surface area contributed by atoms with Gasteiger partial charge in [-0.05, 0) is 30.4 Å². The Bertz CT molecular complexity index is 586. The Balaban J connectivity index is 2.01. The monoisotopic (exact) mass is 341 g/mol. The van der Waals surface area contributed by atoms with Gasteiger partial charge in [0.15, 0.2) is 0 Å². The Labute approximate surface area is 139 Å². The topological polar surface area (TPSA) is 75.6 Å². The fraction of sp³-hybridized carbons (Fsp3) is 0.529. The van der Waals surface area contributed by atoms with Crippen molar-refractivity contribution in [2.75, 3.05) is 5.32 Å². The van der Waals surface area contributed by atoms with Crippen LogP contribution in [-0.4, -0.2) is 23.6 Å². The zero-order valence-corrected chi connectivity index (χ0v) is 13.3. The minimum absolute atomic E-state index is 0.0328. The highest BCUT2D eigenvalue weighted by Crippen LogP contribution is 2.42. The van der Waals surface area contributed by atoms with E-state index in [0.29, 0.717) is 18.5 Å². The molecule has 1 saturated carbocycles. The highest BCUT2D eigenvalue weighted by Gasteiger charge is 2.36. The number of hydrogen-bond acceptors (Lipinski definition) is 3. The number of benzene rings is 1. The summed E-state index contributed by atoms with van der Waals surface area (Å²) in [4.78, 5) is 23.4. The summed E-state index contributed by atoms with van der Waals surface area (Å²) in [5, 5.41) is 11.8. The van der Waals surface area contributed by atoms with E-state index in [-0.39, 0.29) is 24.5 Å². The third kappa shape index (κ3) is 5.47. The van der Waals surface area contributed by atoms with E-state index in [1.165, 1.54) is 18.2 Å². The van der Waals surface area contributed by atoms with Crippen molar-refractivity contribution in [3.63, 3.8) is 0 Å². The Morgan fingerprint density at radius 3 is 2.54 bits per heavy atom. The maximum absolute atomic E-state index is 12.3. The van der Waals surface area contributed by atoms with E-state index in [9.17, 15) is 18.4 Å². The van der Waals surface area contributed by atoms with Crippen LogP contribution in [0, 0.1) is 5.41 Å². The van der Waals surface area contributed by atoms with Gasteiger partial charge >= 0.3 is 12.6 Å². The summed E-state index contributed by atoms with van der Waals surface area (Å²) in [5.74, 6) is -1.26. The molecule has 132 valence electrons. The van der Waals surface area contributed by atoms with Crippen molar-refractivity contribution in [1.29, 1.82) is 0 Å². The summed E-state index contributed by atoms with van der Waals surface area (Å²) < 4.78 is 28.8. The summed E-state index contributed by atoms with van der Waals surface area (Å²) >= 11 is 0. The molecule has 1 amide bonds. The number of rotatable bonds is 7. The quantitative estimate of drug-likeness (QED) is 0.785. The molecule has 1 aliphatic rings. The summed E-state index contributed by atoms with van der Waals surface area (Å²) in [7, 11) is 0. The Morgan fingerprint density at radius 2 is 1.92 bits per heavy atom. The lowest BCUT2D eigenvalue weighted by Crippen LogP contribution is -2.32. The van der Waals surface area contributed by atoms with Crippen molar-refractivity contribution >= 4 is 17.6 Å². The van der Waals surface area contributed by atoms with Gasteiger partial charge in [-0.25, -0.2) is 0 Å². The van der Waals surface area contributed by atoms with Crippen molar-refractivity contribution in [1.82, 2.24) is 0 Å². The molecule has 1 aliphatic carbocycles. The van der Waals surface area contributed by atoms with E-state index in [2.05, 4.69) is 10.1 Å². The molecule has 0 aromatic heterocycles. The smallest absolute Gasteiger partial charge is 0.387 e. The van der Waals surface area contributed by atoms with Crippen LogP contribution in [0.1, 0.15) is 44.9 Å². The van der Waals surface area contributed by atoms with Crippen molar-refractivity contribution in [2.24, 2.45) is 5.41 Å². The van der Waals surface area contributed by atoms with Gasteiger partial charge in [-0.1, -0.05) is 25.3 Å². The predicted molar refractivity (Wildman–Crippen MR) is 84.1 cm³/mol. The third-order valence-corrected chi connectivity index (χ3v) is 4.32. The van der Waals surface area contributed by atoms with Crippen molar-refractivity contribution in [3.05, 3.63) is 24.3 Å². The zero-order chi connectivity index (χ0) is 17.6. The number of aliphatic carboxylic acids is 1. The predicted octanol–water partition coefficient (Wildman–Crippen LogP) is 4.04. The molecular formula is C17H21F2NO4. The molecule has 5 nitrogen and oxygen atoms in total. The molecule has 1 aromatic carbocycles. The van der Waals surface area contributed by atoms with E-state index in [1.807, 2.05) is 0 Å². The molecule has 0 unspecified atom stereocenters. The molecule has 0 atom stereocenters. The summed E-state index contributed by atoms with van der Waals surface area (Å²) in [5.41, 5.74) is -0.176. The third-order valence-electron chi connectivity index (χ3n) is 4.32. The van der Waals surface area contributed by atoms with Crippen LogP contribution in [0.15, 0.2) is 24.3 Å². The molecule has 1 aromatic rings. The van der Waals surface area contributed by atoms with Gasteiger partial charge in [0.2, 0.25) is 5.91 Å². The van der Waals surface area contributed by atoms with Gasteiger partial charge in [0.25, 0.3) is 0 Å². The lowest BCUT2D eigenvalue weighted by Gasteiger charge is -2.35. The summed E-state index contributed by atoms with van der Waals surface area (Å²) in [6.45, 7) is -2.93. The average molecular weight is 341 g/mol. The van der Waals surface area contributed by atoms with Crippen LogP contribution in [0.2, 0.25) is 0 Å². The number of halogens is 2. The van der Waals surface area contributed by atoms with E-state index >= 15 is 0 Å². The number of carbonyl (C=O) groups excluding carboxylic acids is 1. The van der Waals surface area contributed by atoms with Crippen molar-refractivity contribution < 1.29 is 28.2 Å². The number of nitrogens with one attached hydrogen (secondary N) is 1. The van der Waals surface area contributed by atoms with Gasteiger partial charge in [0.1, 0.15) is 5.75 Å². The number of hydrogen-bond donors (Lipinski definition) is 2. The second-order valence-electron chi connectivity index (χ2n) is 6.26. The van der Waals surface area contributed by atoms with Gasteiger partial charge in [-0.3, -0.25) is 9.59 Å². The first-order valence-electron chi connectivity index (χ1n) is 7.95. The van der Waals surface area contributed by atoms with Gasteiger partial charge in [0.05, 0.1) is 6.42 Å². The Morgan fingerprint density at radius 1 is 1.21 bits per heavy atom. The van der Waals surface area contributed by atoms with Gasteiger partial charge in [-0.15, -0.1) is 0 Å². The second-order valence-corrected chi connectivity index (χ2v) is 6.26. The number of ether oxygens (including phenoxy) is 1. The number of anilines is 1. The van der Waals surface area contributed by atoms with E-state index in [4.69, 9.17) is 5.11 Å². The first kappa shape index (κ1) is 18.2. The molecule has 24 heavy (non-hydrogen) atoms. The average Bonchev–Trinajstić information content (AvgIpc) is 2.46. The number of carboxylic acid groups (broad SMARTS) is 1. The van der Waals surface area contributed by atoms with Crippen LogP contribution in [-0.2, 0) is 9.59 Å². The van der Waals surface area contributed by atoms with Gasteiger partial charge in [-0.2, -0.15) is 8.78 Å². The van der Waals surface area contributed by atoms with Crippen LogP contribution in [0.25, 0.3) is 0 Å². The molecule has 2 N–H and O–H groups in total. The minimum Gasteiger partial charge on any atom is -0.481 e. The Kier molecular flexibility index (Phi) is 6.11. The normalized spacial score (nSPS) is 16.6. The lowest BCUT2D eigenvalue weighted by atomic mass is 9.69. The zero-order valence-electron chi connectivity index (χ0n) is 13.3. The largest absolute Gasteiger partial charge is 0.481 e. The standard InChI is InChI=1S/C17H21F2NO4/c18-16(19)24-13-6-4-5-12(9-13)20-14(21)10-17(11-15(22)23)7-2-1-3-8-17/h4-6,9,16H,1-3,7-8,10-11H2,(H,20,21)(H,22,23). The molecule has 0 aliphatic heterocycles. The highest BCUT2D eigenvalue weighted by molar-refractivity contribution is 5.91. The van der Waals surface area contributed by atoms with Crippen LogP contribution in [0.4, 0.5) is 14.5 Å². The molecule has 7 heteroatoms. The van der Waals surface area contributed by atoms with E-state index in [1.54, 1.807) is 6.07 Å². The van der Waals surface area contributed by atoms with Gasteiger partial charge < -0.3 is 15.2 Å². The van der Waals surface area contributed by atoms with Crippen LogP contribution >= 0.6 is 0 Å². The maximum atomic E-state index is 12.3. The molecule has 0 radical (unpaired) electrons. The maximum Gasteiger partial charge on any atom is 0.387 e. The molecule has 0 heterocycles. The second kappa shape index (κ2) is 8.08.